The van der Waals surface area contributed by atoms with Crippen LogP contribution in [0.4, 0.5) is 22.7 Å². The lowest BCUT2D eigenvalue weighted by atomic mass is 10.0. The van der Waals surface area contributed by atoms with Crippen LogP contribution in [-0.4, -0.2) is 5.48 Å². The van der Waals surface area contributed by atoms with Crippen LogP contribution in [0.2, 0.25) is 0 Å². The fraction of sp³-hybridized carbons (Fsp3) is 0. The van der Waals surface area contributed by atoms with Gasteiger partial charge in [-0.1, -0.05) is 48.5 Å². The van der Waals surface area contributed by atoms with E-state index in [0.717, 1.165) is 45.0 Å². The molecule has 0 heterocycles. The van der Waals surface area contributed by atoms with E-state index in [4.69, 9.17) is 22.9 Å². The zero-order chi connectivity index (χ0) is 19.9. The van der Waals surface area contributed by atoms with Gasteiger partial charge in [-0.05, 0) is 70.8 Å². The van der Waals surface area contributed by atoms with Crippen LogP contribution in [0, 0.1) is 0 Å². The third-order valence-electron chi connectivity index (χ3n) is 4.21. The molecule has 0 saturated heterocycles. The summed E-state index contributed by atoms with van der Waals surface area (Å²) in [6.07, 6.45) is 0. The minimum atomic E-state index is 0. The Morgan fingerprint density at radius 2 is 0.552 bits per heavy atom. The predicted molar refractivity (Wildman–Crippen MR) is 125 cm³/mol. The van der Waals surface area contributed by atoms with E-state index in [1.807, 2.05) is 97.1 Å². The molecular formula is C24H26N4O. The summed E-state index contributed by atoms with van der Waals surface area (Å²) in [5.74, 6) is 0. The lowest BCUT2D eigenvalue weighted by Gasteiger charge is -2.03. The largest absolute Gasteiger partial charge is 0.412 e. The molecule has 0 spiro atoms. The van der Waals surface area contributed by atoms with Gasteiger partial charge in [0.25, 0.3) is 0 Å². The Balaban J connectivity index is 0.000000200. The molecule has 0 aliphatic heterocycles. The van der Waals surface area contributed by atoms with Crippen LogP contribution in [0.3, 0.4) is 0 Å². The van der Waals surface area contributed by atoms with Crippen molar-refractivity contribution in [3.63, 3.8) is 0 Å². The van der Waals surface area contributed by atoms with Crippen LogP contribution in [0.15, 0.2) is 97.1 Å². The van der Waals surface area contributed by atoms with Crippen molar-refractivity contribution >= 4 is 22.7 Å². The van der Waals surface area contributed by atoms with Gasteiger partial charge < -0.3 is 28.4 Å². The third-order valence-corrected chi connectivity index (χ3v) is 4.21. The summed E-state index contributed by atoms with van der Waals surface area (Å²) >= 11 is 0. The maximum absolute atomic E-state index is 5.70. The summed E-state index contributed by atoms with van der Waals surface area (Å²) < 4.78 is 0. The number of nitrogen functional groups attached to an aromatic ring is 4. The van der Waals surface area contributed by atoms with Crippen molar-refractivity contribution in [1.82, 2.24) is 0 Å². The average molecular weight is 386 g/mol. The van der Waals surface area contributed by atoms with Crippen LogP contribution in [0.5, 0.6) is 0 Å². The lowest BCUT2D eigenvalue weighted by molar-refractivity contribution is 0.824. The molecule has 0 radical (unpaired) electrons. The highest BCUT2D eigenvalue weighted by atomic mass is 16.0. The molecule has 0 aliphatic rings. The number of anilines is 4. The van der Waals surface area contributed by atoms with Crippen molar-refractivity contribution in [2.75, 3.05) is 22.9 Å². The summed E-state index contributed by atoms with van der Waals surface area (Å²) in [6, 6.07) is 31.1. The van der Waals surface area contributed by atoms with E-state index in [-0.39, 0.29) is 5.48 Å². The second-order valence-corrected chi connectivity index (χ2v) is 6.50. The van der Waals surface area contributed by atoms with Crippen LogP contribution in [-0.2, 0) is 0 Å². The first kappa shape index (κ1) is 21.3. The Morgan fingerprint density at radius 3 is 0.724 bits per heavy atom. The summed E-state index contributed by atoms with van der Waals surface area (Å²) in [6.45, 7) is 0. The van der Waals surface area contributed by atoms with E-state index in [1.54, 1.807) is 0 Å². The molecule has 0 bridgehead atoms. The number of hydrogen-bond donors (Lipinski definition) is 4. The fourth-order valence-corrected chi connectivity index (χ4v) is 2.87. The summed E-state index contributed by atoms with van der Waals surface area (Å²) in [5, 5.41) is 0. The van der Waals surface area contributed by atoms with E-state index >= 15 is 0 Å². The minimum Gasteiger partial charge on any atom is -0.412 e. The molecule has 0 saturated carbocycles. The van der Waals surface area contributed by atoms with Crippen LogP contribution < -0.4 is 22.9 Å². The zero-order valence-electron chi connectivity index (χ0n) is 16.0. The second-order valence-electron chi connectivity index (χ2n) is 6.50. The molecule has 0 atom stereocenters. The fourth-order valence-electron chi connectivity index (χ4n) is 2.87. The van der Waals surface area contributed by atoms with Crippen molar-refractivity contribution in [3.05, 3.63) is 97.1 Å². The average Bonchev–Trinajstić information content (AvgIpc) is 2.69. The van der Waals surface area contributed by atoms with Crippen LogP contribution in [0.25, 0.3) is 22.3 Å². The van der Waals surface area contributed by atoms with Gasteiger partial charge in [-0.25, -0.2) is 0 Å². The minimum absolute atomic E-state index is 0. The molecule has 4 aromatic carbocycles. The van der Waals surface area contributed by atoms with Crippen molar-refractivity contribution < 1.29 is 5.48 Å². The molecule has 0 amide bonds. The lowest BCUT2D eigenvalue weighted by Crippen LogP contribution is -1.87. The van der Waals surface area contributed by atoms with Gasteiger partial charge in [0.05, 0.1) is 0 Å². The Bertz CT molecular complexity index is 905. The van der Waals surface area contributed by atoms with E-state index in [9.17, 15) is 0 Å². The molecule has 0 aromatic heterocycles. The van der Waals surface area contributed by atoms with Crippen molar-refractivity contribution in [2.24, 2.45) is 0 Å². The van der Waals surface area contributed by atoms with Crippen LogP contribution >= 0.6 is 0 Å². The molecule has 4 aromatic rings. The Labute approximate surface area is 170 Å². The Kier molecular flexibility index (Phi) is 7.23. The molecule has 0 aliphatic carbocycles. The Hall–Kier alpha value is -3.96. The third kappa shape index (κ3) is 6.02. The van der Waals surface area contributed by atoms with E-state index in [0.29, 0.717) is 0 Å². The van der Waals surface area contributed by atoms with Crippen molar-refractivity contribution in [1.29, 1.82) is 0 Å². The molecule has 10 N–H and O–H groups in total. The van der Waals surface area contributed by atoms with Gasteiger partial charge in [-0.15, -0.1) is 0 Å². The van der Waals surface area contributed by atoms with Gasteiger partial charge in [0.1, 0.15) is 0 Å². The number of rotatable bonds is 2. The summed E-state index contributed by atoms with van der Waals surface area (Å²) in [5.41, 5.74) is 30.3. The number of nitrogens with two attached hydrogens (primary N) is 4. The molecule has 0 unspecified atom stereocenters. The normalized spacial score (nSPS) is 9.66. The van der Waals surface area contributed by atoms with E-state index < -0.39 is 0 Å². The van der Waals surface area contributed by atoms with Gasteiger partial charge in [0.15, 0.2) is 0 Å². The Morgan fingerprint density at radius 1 is 0.345 bits per heavy atom. The van der Waals surface area contributed by atoms with Gasteiger partial charge in [-0.2, -0.15) is 0 Å². The second kappa shape index (κ2) is 9.82. The highest BCUT2D eigenvalue weighted by Crippen LogP contribution is 2.23. The standard InChI is InChI=1S/2C12H12N2.H2O/c2*13-11-5-1-3-9(7-11)10-4-2-6-12(14)8-10;/h2*1-8H,13-14H2;1H2. The van der Waals surface area contributed by atoms with E-state index in [2.05, 4.69) is 0 Å². The SMILES string of the molecule is Nc1cccc(-c2cccc(N)c2)c1.Nc1cccc(-c2cccc(N)c2)c1.O. The first-order valence-electron chi connectivity index (χ1n) is 8.94. The molecule has 148 valence electrons. The first-order valence-corrected chi connectivity index (χ1v) is 8.94. The summed E-state index contributed by atoms with van der Waals surface area (Å²) in [7, 11) is 0. The van der Waals surface area contributed by atoms with Crippen LogP contribution in [0.1, 0.15) is 0 Å². The molecule has 5 heteroatoms. The van der Waals surface area contributed by atoms with Gasteiger partial charge in [-0.3, -0.25) is 0 Å². The maximum atomic E-state index is 5.70. The topological polar surface area (TPSA) is 136 Å². The quantitative estimate of drug-likeness (QED) is 0.384. The molecule has 29 heavy (non-hydrogen) atoms. The molecule has 4 rings (SSSR count). The molecular weight excluding hydrogens is 360 g/mol. The van der Waals surface area contributed by atoms with Gasteiger partial charge in [0, 0.05) is 22.7 Å². The highest BCUT2D eigenvalue weighted by molar-refractivity contribution is 5.71. The summed E-state index contributed by atoms with van der Waals surface area (Å²) in [4.78, 5) is 0. The predicted octanol–water partition coefficient (Wildman–Crippen LogP) is 4.21. The van der Waals surface area contributed by atoms with Gasteiger partial charge >= 0.3 is 0 Å². The molecule has 0 fully saturated rings. The zero-order valence-corrected chi connectivity index (χ0v) is 16.0. The monoisotopic (exact) mass is 386 g/mol. The maximum Gasteiger partial charge on any atom is 0.0320 e. The first-order chi connectivity index (χ1) is 13.5. The van der Waals surface area contributed by atoms with E-state index in [1.165, 1.54) is 0 Å². The molecule has 5 nitrogen and oxygen atoms in total. The van der Waals surface area contributed by atoms with Crippen molar-refractivity contribution in [3.8, 4) is 22.3 Å². The van der Waals surface area contributed by atoms with Gasteiger partial charge in [0.2, 0.25) is 0 Å². The smallest absolute Gasteiger partial charge is 0.0320 e. The van der Waals surface area contributed by atoms with Crippen molar-refractivity contribution in [2.45, 2.75) is 0 Å². The number of hydrogen-bond acceptors (Lipinski definition) is 4. The number of benzene rings is 4. The highest BCUT2D eigenvalue weighted by Gasteiger charge is 1.98.